The van der Waals surface area contributed by atoms with Gasteiger partial charge in [0, 0.05) is 12.5 Å². The van der Waals surface area contributed by atoms with E-state index in [4.69, 9.17) is 4.74 Å². The number of carbonyl (C=O) groups is 1. The fraction of sp³-hybridized carbons (Fsp3) is 0.941. The summed E-state index contributed by atoms with van der Waals surface area (Å²) in [6.07, 6.45) is 7.94. The van der Waals surface area contributed by atoms with E-state index in [0.29, 0.717) is 11.3 Å². The zero-order valence-electron chi connectivity index (χ0n) is 13.6. The second kappa shape index (κ2) is 5.95. The Balaban J connectivity index is 1.76. The number of carbonyl (C=O) groups excluding carboxylic acids is 1. The van der Waals surface area contributed by atoms with Crippen molar-refractivity contribution in [2.24, 2.45) is 17.3 Å². The summed E-state index contributed by atoms with van der Waals surface area (Å²) in [6, 6.07) is 0. The Morgan fingerprint density at radius 1 is 1.25 bits per heavy atom. The Kier molecular flexibility index (Phi) is 4.66. The van der Waals surface area contributed by atoms with Gasteiger partial charge in [0.2, 0.25) is 0 Å². The minimum Gasteiger partial charge on any atom is -0.443 e. The molecule has 3 aliphatic rings. The smallest absolute Gasteiger partial charge is 0.407 e. The molecule has 3 nitrogen and oxygen atoms in total. The summed E-state index contributed by atoms with van der Waals surface area (Å²) in [5.41, 5.74) is 0.0835. The van der Waals surface area contributed by atoms with Crippen LogP contribution in [-0.4, -0.2) is 18.2 Å². The van der Waals surface area contributed by atoms with Gasteiger partial charge in [-0.15, -0.1) is 0 Å². The summed E-state index contributed by atoms with van der Waals surface area (Å²) >= 11 is 0. The lowest BCUT2D eigenvalue weighted by atomic mass is 9.44. The summed E-state index contributed by atoms with van der Waals surface area (Å²) in [4.78, 5) is 12.0. The molecule has 0 spiro atoms. The predicted molar refractivity (Wildman–Crippen MR) is 81.6 cm³/mol. The van der Waals surface area contributed by atoms with Crippen LogP contribution in [-0.2, 0) is 4.74 Å². The van der Waals surface area contributed by atoms with Crippen molar-refractivity contribution in [3.05, 3.63) is 0 Å². The Morgan fingerprint density at radius 3 is 2.60 bits per heavy atom. The molecule has 3 saturated carbocycles. The highest BCUT2D eigenvalue weighted by atomic mass is 16.6. The molecule has 3 atom stereocenters. The van der Waals surface area contributed by atoms with Crippen LogP contribution < -0.4 is 5.32 Å². The van der Waals surface area contributed by atoms with E-state index in [1.165, 1.54) is 32.1 Å². The molecule has 1 amide bonds. The second-order valence-electron chi connectivity index (χ2n) is 7.53. The highest BCUT2D eigenvalue weighted by Gasteiger charge is 2.61. The van der Waals surface area contributed by atoms with E-state index in [-0.39, 0.29) is 11.7 Å². The van der Waals surface area contributed by atoms with E-state index in [2.05, 4.69) is 33.0 Å². The van der Waals surface area contributed by atoms with Gasteiger partial charge in [0.05, 0.1) is 0 Å². The molecule has 0 aromatic carbocycles. The van der Waals surface area contributed by atoms with E-state index in [1.54, 1.807) is 0 Å². The van der Waals surface area contributed by atoms with Gasteiger partial charge in [0.15, 0.2) is 0 Å². The number of hydrogen-bond acceptors (Lipinski definition) is 2. The molecule has 20 heavy (non-hydrogen) atoms. The third kappa shape index (κ3) is 2.96. The number of hydrogen-bond donors (Lipinski definition) is 1. The van der Waals surface area contributed by atoms with Crippen LogP contribution in [0.5, 0.6) is 0 Å². The van der Waals surface area contributed by atoms with Crippen molar-refractivity contribution in [3.8, 4) is 0 Å². The van der Waals surface area contributed by atoms with E-state index in [9.17, 15) is 4.79 Å². The normalized spacial score (nSPS) is 34.2. The number of amides is 1. The second-order valence-corrected chi connectivity index (χ2v) is 7.53. The fourth-order valence-electron chi connectivity index (χ4n) is 4.29. The minimum absolute atomic E-state index is 0.217. The topological polar surface area (TPSA) is 38.3 Å². The molecule has 3 heteroatoms. The number of ether oxygens (including phenoxy) is 1. The number of rotatable bonds is 6. The number of fused-ring (bicyclic) bond motifs is 2. The fourth-order valence-corrected chi connectivity index (χ4v) is 4.29. The quantitative estimate of drug-likeness (QED) is 0.728. The van der Waals surface area contributed by atoms with Crippen molar-refractivity contribution in [1.82, 2.24) is 5.32 Å². The maximum absolute atomic E-state index is 12.0. The molecular weight excluding hydrogens is 250 g/mol. The van der Waals surface area contributed by atoms with Crippen molar-refractivity contribution in [3.63, 3.8) is 0 Å². The van der Waals surface area contributed by atoms with Gasteiger partial charge in [-0.05, 0) is 43.9 Å². The lowest BCUT2D eigenvalue weighted by Crippen LogP contribution is -2.62. The van der Waals surface area contributed by atoms with Crippen LogP contribution in [0, 0.1) is 17.3 Å². The molecule has 3 fully saturated rings. The van der Waals surface area contributed by atoms with Crippen molar-refractivity contribution < 1.29 is 9.53 Å². The van der Waals surface area contributed by atoms with Gasteiger partial charge in [0.25, 0.3) is 0 Å². The van der Waals surface area contributed by atoms with Gasteiger partial charge in [0.1, 0.15) is 5.60 Å². The average molecular weight is 281 g/mol. The summed E-state index contributed by atoms with van der Waals surface area (Å²) in [7, 11) is 0. The maximum atomic E-state index is 12.0. The zero-order valence-corrected chi connectivity index (χ0v) is 13.6. The molecule has 3 unspecified atom stereocenters. The zero-order chi connectivity index (χ0) is 14.8. The van der Waals surface area contributed by atoms with Crippen LogP contribution in [0.3, 0.4) is 0 Å². The van der Waals surface area contributed by atoms with E-state index in [0.717, 1.165) is 25.3 Å². The molecule has 1 N–H and O–H groups in total. The summed E-state index contributed by atoms with van der Waals surface area (Å²) < 4.78 is 5.82. The number of unbranched alkanes of at least 4 members (excludes halogenated alkanes) is 3. The van der Waals surface area contributed by atoms with Gasteiger partial charge in [-0.25, -0.2) is 4.79 Å². The first-order chi connectivity index (χ1) is 9.40. The van der Waals surface area contributed by atoms with Crippen molar-refractivity contribution in [2.45, 2.75) is 78.2 Å². The van der Waals surface area contributed by atoms with E-state index < -0.39 is 0 Å². The first-order valence-electron chi connectivity index (χ1n) is 8.37. The Bertz CT molecular complexity index is 351. The Morgan fingerprint density at radius 2 is 2.00 bits per heavy atom. The molecule has 2 bridgehead atoms. The van der Waals surface area contributed by atoms with Crippen LogP contribution >= 0.6 is 0 Å². The molecule has 0 aromatic heterocycles. The Hall–Kier alpha value is -0.730. The van der Waals surface area contributed by atoms with Gasteiger partial charge < -0.3 is 10.1 Å². The molecule has 116 valence electrons. The first-order valence-corrected chi connectivity index (χ1v) is 8.37. The summed E-state index contributed by atoms with van der Waals surface area (Å²) in [6.45, 7) is 9.72. The minimum atomic E-state index is -0.258. The predicted octanol–water partition coefficient (Wildman–Crippen LogP) is 4.51. The van der Waals surface area contributed by atoms with Gasteiger partial charge in [-0.1, -0.05) is 40.0 Å². The van der Waals surface area contributed by atoms with Crippen LogP contribution in [0.2, 0.25) is 0 Å². The third-order valence-electron chi connectivity index (χ3n) is 5.82. The molecule has 0 heterocycles. The Labute approximate surface area is 123 Å². The summed E-state index contributed by atoms with van der Waals surface area (Å²) in [5.74, 6) is 1.36. The lowest BCUT2D eigenvalue weighted by Gasteiger charge is -2.63. The summed E-state index contributed by atoms with van der Waals surface area (Å²) in [5, 5.41) is 2.92. The van der Waals surface area contributed by atoms with Crippen LogP contribution in [0.1, 0.15) is 72.6 Å². The maximum Gasteiger partial charge on any atom is 0.407 e. The van der Waals surface area contributed by atoms with Gasteiger partial charge >= 0.3 is 6.09 Å². The highest BCUT2D eigenvalue weighted by Crippen LogP contribution is 2.63. The molecule has 0 aromatic rings. The van der Waals surface area contributed by atoms with Crippen LogP contribution in [0.15, 0.2) is 0 Å². The number of nitrogens with one attached hydrogen (secondary N) is 1. The number of alkyl carbamates (subject to hydrolysis) is 1. The molecule has 0 radical (unpaired) electrons. The van der Waals surface area contributed by atoms with Crippen molar-refractivity contribution >= 4 is 6.09 Å². The standard InChI is InChI=1S/C17H31NO2/c1-5-6-7-8-11-18-15(19)20-17(4)10-9-13-12-14(17)16(13,2)3/h13-14H,5-12H2,1-4H3,(H,18,19). The van der Waals surface area contributed by atoms with E-state index in [1.807, 2.05) is 0 Å². The third-order valence-corrected chi connectivity index (χ3v) is 5.82. The highest BCUT2D eigenvalue weighted by molar-refractivity contribution is 5.67. The van der Waals surface area contributed by atoms with Crippen LogP contribution in [0.4, 0.5) is 4.79 Å². The first kappa shape index (κ1) is 15.7. The lowest BCUT2D eigenvalue weighted by molar-refractivity contribution is -0.192. The molecule has 3 rings (SSSR count). The monoisotopic (exact) mass is 281 g/mol. The average Bonchev–Trinajstić information content (AvgIpc) is 2.37. The molecule has 0 saturated heterocycles. The van der Waals surface area contributed by atoms with Crippen molar-refractivity contribution in [2.75, 3.05) is 6.54 Å². The molecular formula is C17H31NO2. The van der Waals surface area contributed by atoms with E-state index >= 15 is 0 Å². The molecule has 0 aliphatic heterocycles. The van der Waals surface area contributed by atoms with Crippen molar-refractivity contribution in [1.29, 1.82) is 0 Å². The molecule has 3 aliphatic carbocycles. The van der Waals surface area contributed by atoms with Gasteiger partial charge in [-0.2, -0.15) is 0 Å². The van der Waals surface area contributed by atoms with Gasteiger partial charge in [-0.3, -0.25) is 0 Å². The SMILES string of the molecule is CCCCCCNC(=O)OC1(C)CCC2CC1C2(C)C. The van der Waals surface area contributed by atoms with Crippen LogP contribution in [0.25, 0.3) is 0 Å². The largest absolute Gasteiger partial charge is 0.443 e.